The molecule has 0 radical (unpaired) electrons. The van der Waals surface area contributed by atoms with Crippen LogP contribution >= 0.6 is 0 Å². The van der Waals surface area contributed by atoms with E-state index in [9.17, 15) is 8.78 Å². The van der Waals surface area contributed by atoms with Crippen LogP contribution < -0.4 is 14.8 Å². The third kappa shape index (κ3) is 4.30. The summed E-state index contributed by atoms with van der Waals surface area (Å²) < 4.78 is 34.8. The molecule has 0 aromatic heterocycles. The zero-order valence-corrected chi connectivity index (χ0v) is 12.6. The minimum atomic E-state index is -2.85. The molecule has 5 heteroatoms. The maximum atomic E-state index is 12.5. The number of methoxy groups -OCH3 is 1. The van der Waals surface area contributed by atoms with E-state index in [0.717, 1.165) is 12.5 Å². The maximum absolute atomic E-state index is 12.5. The quantitative estimate of drug-likeness (QED) is 0.830. The first-order valence-electron chi connectivity index (χ1n) is 7.43. The van der Waals surface area contributed by atoms with E-state index < -0.39 is 6.61 Å². The Morgan fingerprint density at radius 3 is 2.76 bits per heavy atom. The Morgan fingerprint density at radius 1 is 1.33 bits per heavy atom. The molecular formula is C16H23F2NO2. The van der Waals surface area contributed by atoms with Crippen molar-refractivity contribution in [2.75, 3.05) is 13.7 Å². The lowest BCUT2D eigenvalue weighted by Gasteiger charge is -2.18. The molecule has 0 bridgehead atoms. The van der Waals surface area contributed by atoms with Crippen LogP contribution in [0.2, 0.25) is 0 Å². The summed E-state index contributed by atoms with van der Waals surface area (Å²) in [6, 6.07) is 5.19. The van der Waals surface area contributed by atoms with Gasteiger partial charge in [0.05, 0.1) is 7.11 Å². The van der Waals surface area contributed by atoms with Gasteiger partial charge in [-0.2, -0.15) is 8.78 Å². The summed E-state index contributed by atoms with van der Waals surface area (Å²) in [6.07, 6.45) is 3.81. The summed E-state index contributed by atoms with van der Waals surface area (Å²) >= 11 is 0. The molecule has 1 aliphatic carbocycles. The number of hydrogen-bond acceptors (Lipinski definition) is 3. The minimum absolute atomic E-state index is 0.127. The Morgan fingerprint density at radius 2 is 2.14 bits per heavy atom. The zero-order valence-electron chi connectivity index (χ0n) is 12.6. The molecule has 0 amide bonds. The highest BCUT2D eigenvalue weighted by molar-refractivity contribution is 5.46. The third-order valence-corrected chi connectivity index (χ3v) is 4.25. The highest BCUT2D eigenvalue weighted by Gasteiger charge is 2.23. The average molecular weight is 299 g/mol. The zero-order chi connectivity index (χ0) is 15.2. The molecule has 1 aromatic rings. The molecule has 2 rings (SSSR count). The molecule has 0 saturated heterocycles. The Balaban J connectivity index is 1.98. The molecule has 2 unspecified atom stereocenters. The summed E-state index contributed by atoms with van der Waals surface area (Å²) in [5.41, 5.74) is 0.695. The van der Waals surface area contributed by atoms with Gasteiger partial charge in [0.1, 0.15) is 0 Å². The maximum Gasteiger partial charge on any atom is 0.387 e. The van der Waals surface area contributed by atoms with Crippen LogP contribution in [0.3, 0.4) is 0 Å². The summed E-state index contributed by atoms with van der Waals surface area (Å²) in [5, 5.41) is 3.36. The van der Waals surface area contributed by atoms with Crippen molar-refractivity contribution in [3.8, 4) is 11.5 Å². The number of ether oxygens (including phenoxy) is 2. The van der Waals surface area contributed by atoms with Crippen LogP contribution in [0.4, 0.5) is 8.78 Å². The van der Waals surface area contributed by atoms with Crippen molar-refractivity contribution in [1.82, 2.24) is 5.32 Å². The highest BCUT2D eigenvalue weighted by Crippen LogP contribution is 2.33. The van der Waals surface area contributed by atoms with Crippen LogP contribution in [-0.4, -0.2) is 20.3 Å². The normalized spacial score (nSPS) is 21.8. The molecule has 3 nitrogen and oxygen atoms in total. The largest absolute Gasteiger partial charge is 0.493 e. The Bertz CT molecular complexity index is 454. The number of nitrogens with one attached hydrogen (secondary N) is 1. The molecule has 0 spiro atoms. The van der Waals surface area contributed by atoms with Crippen LogP contribution in [0.1, 0.15) is 31.7 Å². The predicted molar refractivity (Wildman–Crippen MR) is 77.8 cm³/mol. The van der Waals surface area contributed by atoms with Crippen LogP contribution in [0, 0.1) is 11.8 Å². The Labute approximate surface area is 124 Å². The Kier molecular flexibility index (Phi) is 5.79. The second kappa shape index (κ2) is 7.59. The number of rotatable bonds is 7. The van der Waals surface area contributed by atoms with E-state index in [1.165, 1.54) is 26.4 Å². The predicted octanol–water partition coefficient (Wildman–Crippen LogP) is 3.82. The van der Waals surface area contributed by atoms with Crippen molar-refractivity contribution in [3.05, 3.63) is 23.8 Å². The van der Waals surface area contributed by atoms with Crippen molar-refractivity contribution in [2.24, 2.45) is 11.8 Å². The molecule has 118 valence electrons. The summed E-state index contributed by atoms with van der Waals surface area (Å²) in [6.45, 7) is 0.834. The monoisotopic (exact) mass is 299 g/mol. The van der Waals surface area contributed by atoms with E-state index in [-0.39, 0.29) is 5.75 Å². The molecule has 1 aromatic carbocycles. The third-order valence-electron chi connectivity index (χ3n) is 4.25. The van der Waals surface area contributed by atoms with Crippen molar-refractivity contribution >= 4 is 0 Å². The van der Waals surface area contributed by atoms with Crippen LogP contribution in [0.15, 0.2) is 18.2 Å². The first kappa shape index (κ1) is 16.0. The molecule has 21 heavy (non-hydrogen) atoms. The van der Waals surface area contributed by atoms with Gasteiger partial charge in [0.25, 0.3) is 0 Å². The van der Waals surface area contributed by atoms with E-state index in [2.05, 4.69) is 17.0 Å². The standard InChI is InChI=1S/C16H23F2NO2/c1-11-5-3-6-12(11)9-19-10-13-7-4-8-14(20-2)15(13)21-16(17)18/h4,7-8,11-12,16,19H,3,5-6,9-10H2,1-2H3. The fourth-order valence-corrected chi connectivity index (χ4v) is 3.00. The lowest BCUT2D eigenvalue weighted by Crippen LogP contribution is -2.24. The van der Waals surface area contributed by atoms with E-state index in [0.29, 0.717) is 23.8 Å². The second-order valence-electron chi connectivity index (χ2n) is 5.63. The van der Waals surface area contributed by atoms with Crippen LogP contribution in [0.5, 0.6) is 11.5 Å². The van der Waals surface area contributed by atoms with E-state index in [1.807, 2.05) is 0 Å². The van der Waals surface area contributed by atoms with Gasteiger partial charge in [-0.15, -0.1) is 0 Å². The fraction of sp³-hybridized carbons (Fsp3) is 0.625. The lowest BCUT2D eigenvalue weighted by molar-refractivity contribution is -0.0518. The van der Waals surface area contributed by atoms with Crippen LogP contribution in [-0.2, 0) is 6.54 Å². The molecule has 0 heterocycles. The van der Waals surface area contributed by atoms with Gasteiger partial charge in [-0.25, -0.2) is 0 Å². The van der Waals surface area contributed by atoms with Crippen molar-refractivity contribution in [2.45, 2.75) is 39.3 Å². The van der Waals surface area contributed by atoms with Crippen LogP contribution in [0.25, 0.3) is 0 Å². The van der Waals surface area contributed by atoms with Crippen molar-refractivity contribution in [3.63, 3.8) is 0 Å². The molecule has 1 saturated carbocycles. The highest BCUT2D eigenvalue weighted by atomic mass is 19.3. The molecule has 2 atom stereocenters. The summed E-state index contributed by atoms with van der Waals surface area (Å²) in [4.78, 5) is 0. The first-order chi connectivity index (χ1) is 10.1. The second-order valence-corrected chi connectivity index (χ2v) is 5.63. The number of hydrogen-bond donors (Lipinski definition) is 1. The molecule has 1 N–H and O–H groups in total. The first-order valence-corrected chi connectivity index (χ1v) is 7.43. The minimum Gasteiger partial charge on any atom is -0.493 e. The van der Waals surface area contributed by atoms with Gasteiger partial charge in [0.2, 0.25) is 0 Å². The smallest absolute Gasteiger partial charge is 0.387 e. The molecule has 1 fully saturated rings. The van der Waals surface area contributed by atoms with E-state index in [1.54, 1.807) is 18.2 Å². The summed E-state index contributed by atoms with van der Waals surface area (Å²) in [5.74, 6) is 1.88. The van der Waals surface area contributed by atoms with Crippen molar-refractivity contribution < 1.29 is 18.3 Å². The lowest BCUT2D eigenvalue weighted by atomic mass is 9.98. The van der Waals surface area contributed by atoms with Gasteiger partial charge < -0.3 is 14.8 Å². The van der Waals surface area contributed by atoms with E-state index in [4.69, 9.17) is 4.74 Å². The number of alkyl halides is 2. The summed E-state index contributed by atoms with van der Waals surface area (Å²) in [7, 11) is 1.45. The number of halogens is 2. The molecule has 1 aliphatic rings. The van der Waals surface area contributed by atoms with E-state index >= 15 is 0 Å². The fourth-order valence-electron chi connectivity index (χ4n) is 3.00. The number of benzene rings is 1. The topological polar surface area (TPSA) is 30.5 Å². The van der Waals surface area contributed by atoms with Gasteiger partial charge in [-0.05, 0) is 30.9 Å². The van der Waals surface area contributed by atoms with Crippen molar-refractivity contribution in [1.29, 1.82) is 0 Å². The number of para-hydroxylation sites is 1. The van der Waals surface area contributed by atoms with Gasteiger partial charge in [0, 0.05) is 12.1 Å². The van der Waals surface area contributed by atoms with Gasteiger partial charge in [0.15, 0.2) is 11.5 Å². The van der Waals surface area contributed by atoms with Gasteiger partial charge in [-0.3, -0.25) is 0 Å². The average Bonchev–Trinajstić information content (AvgIpc) is 2.85. The Hall–Kier alpha value is -1.36. The molecule has 0 aliphatic heterocycles. The SMILES string of the molecule is COc1cccc(CNCC2CCCC2C)c1OC(F)F. The molecular weight excluding hydrogens is 276 g/mol. The van der Waals surface area contributed by atoms with Gasteiger partial charge in [-0.1, -0.05) is 31.9 Å². The van der Waals surface area contributed by atoms with Gasteiger partial charge >= 0.3 is 6.61 Å².